The largest absolute Gasteiger partial charge is 0.352 e. The van der Waals surface area contributed by atoms with Gasteiger partial charge in [0.05, 0.1) is 33.5 Å². The zero-order valence-corrected chi connectivity index (χ0v) is 24.2. The molecule has 2 unspecified atom stereocenters. The second-order valence-electron chi connectivity index (χ2n) is 9.72. The van der Waals surface area contributed by atoms with Gasteiger partial charge in [-0.2, -0.15) is 0 Å². The number of carbonyl (C=O) groups is 1. The number of halogens is 2. The third kappa shape index (κ3) is 5.53. The van der Waals surface area contributed by atoms with Gasteiger partial charge in [-0.3, -0.25) is 9.78 Å². The molecule has 1 saturated heterocycles. The fourth-order valence-electron chi connectivity index (χ4n) is 5.19. The van der Waals surface area contributed by atoms with E-state index in [-0.39, 0.29) is 24.4 Å². The van der Waals surface area contributed by atoms with Crippen molar-refractivity contribution in [2.75, 3.05) is 11.9 Å². The van der Waals surface area contributed by atoms with E-state index in [1.165, 1.54) is 0 Å². The van der Waals surface area contributed by atoms with E-state index in [4.69, 9.17) is 35.4 Å². The molecule has 1 fully saturated rings. The first-order valence-electron chi connectivity index (χ1n) is 12.7. The van der Waals surface area contributed by atoms with Gasteiger partial charge in [0, 0.05) is 36.2 Å². The standard InChI is InChI=1S/C30H29Cl2N5OS/c1-18-10-12-21(13-11-18)34-26(38)14-16-36-29(28(35-30(36)39)24-8-4-5-15-33-24)22-17-19(2)37(20(22)3)25-9-6-7-23(31)27(25)32/h4-13,15,17,28-29H,14,16H2,1-3H3,(H,34,38)(H,35,39). The summed E-state index contributed by atoms with van der Waals surface area (Å²) in [6.45, 7) is 6.57. The third-order valence-electron chi connectivity index (χ3n) is 7.07. The number of amides is 1. The predicted molar refractivity (Wildman–Crippen MR) is 162 cm³/mol. The highest BCUT2D eigenvalue weighted by Crippen LogP contribution is 2.42. The maximum Gasteiger partial charge on any atom is 0.226 e. The molecule has 1 aliphatic rings. The van der Waals surface area contributed by atoms with E-state index in [1.54, 1.807) is 12.3 Å². The van der Waals surface area contributed by atoms with E-state index in [1.807, 2.05) is 68.4 Å². The molecule has 3 heterocycles. The zero-order chi connectivity index (χ0) is 27.7. The minimum atomic E-state index is -0.192. The van der Waals surface area contributed by atoms with Crippen LogP contribution in [-0.4, -0.2) is 32.0 Å². The average molecular weight is 579 g/mol. The van der Waals surface area contributed by atoms with Crippen LogP contribution in [0.4, 0.5) is 5.69 Å². The number of hydrogen-bond acceptors (Lipinski definition) is 3. The second-order valence-corrected chi connectivity index (χ2v) is 10.9. The number of hydrogen-bond donors (Lipinski definition) is 2. The van der Waals surface area contributed by atoms with Gasteiger partial charge in [0.15, 0.2) is 5.11 Å². The minimum Gasteiger partial charge on any atom is -0.352 e. The van der Waals surface area contributed by atoms with Crippen LogP contribution in [-0.2, 0) is 4.79 Å². The molecular formula is C30H29Cl2N5OS. The van der Waals surface area contributed by atoms with Crippen LogP contribution in [0.3, 0.4) is 0 Å². The number of rotatable bonds is 7. The Morgan fingerprint density at radius 1 is 1.05 bits per heavy atom. The van der Waals surface area contributed by atoms with Crippen LogP contribution in [0.15, 0.2) is 72.9 Å². The van der Waals surface area contributed by atoms with Crippen LogP contribution in [0.5, 0.6) is 0 Å². The molecule has 0 aliphatic carbocycles. The number of pyridine rings is 1. The minimum absolute atomic E-state index is 0.0714. The summed E-state index contributed by atoms with van der Waals surface area (Å²) >= 11 is 18.8. The van der Waals surface area contributed by atoms with Gasteiger partial charge in [-0.25, -0.2) is 0 Å². The number of nitrogens with one attached hydrogen (secondary N) is 2. The van der Waals surface area contributed by atoms with Gasteiger partial charge in [-0.1, -0.05) is 53.0 Å². The van der Waals surface area contributed by atoms with Crippen LogP contribution in [0.2, 0.25) is 10.0 Å². The summed E-state index contributed by atoms with van der Waals surface area (Å²) in [6, 6.07) is 21.0. The maximum absolute atomic E-state index is 12.9. The van der Waals surface area contributed by atoms with Crippen LogP contribution in [0.25, 0.3) is 5.69 Å². The Bertz CT molecular complexity index is 1520. The molecule has 2 aromatic heterocycles. The van der Waals surface area contributed by atoms with E-state index in [2.05, 4.69) is 38.1 Å². The number of aryl methyl sites for hydroxylation is 2. The highest BCUT2D eigenvalue weighted by atomic mass is 35.5. The van der Waals surface area contributed by atoms with Crippen molar-refractivity contribution in [1.82, 2.24) is 19.8 Å². The van der Waals surface area contributed by atoms with Crippen LogP contribution >= 0.6 is 35.4 Å². The molecular weight excluding hydrogens is 549 g/mol. The quantitative estimate of drug-likeness (QED) is 0.229. The van der Waals surface area contributed by atoms with Crippen LogP contribution in [0, 0.1) is 20.8 Å². The van der Waals surface area contributed by atoms with Gasteiger partial charge in [0.1, 0.15) is 0 Å². The highest BCUT2D eigenvalue weighted by Gasteiger charge is 2.41. The summed E-state index contributed by atoms with van der Waals surface area (Å²) in [4.78, 5) is 19.6. The SMILES string of the molecule is Cc1ccc(NC(=O)CCN2C(=S)NC(c3ccccn3)C2c2cc(C)n(-c3cccc(Cl)c3Cl)c2C)cc1. The van der Waals surface area contributed by atoms with E-state index in [0.717, 1.165) is 39.6 Å². The molecule has 1 aliphatic heterocycles. The summed E-state index contributed by atoms with van der Waals surface area (Å²) in [6.07, 6.45) is 2.06. The van der Waals surface area contributed by atoms with Crippen molar-refractivity contribution in [3.05, 3.63) is 111 Å². The molecule has 9 heteroatoms. The average Bonchev–Trinajstić information content (AvgIpc) is 3.40. The summed E-state index contributed by atoms with van der Waals surface area (Å²) < 4.78 is 2.11. The Balaban J connectivity index is 1.48. The maximum atomic E-state index is 12.9. The molecule has 0 saturated carbocycles. The second kappa shape index (κ2) is 11.4. The lowest BCUT2D eigenvalue weighted by atomic mass is 9.96. The number of nitrogens with zero attached hydrogens (tertiary/aromatic N) is 3. The van der Waals surface area contributed by atoms with Crippen molar-refractivity contribution >= 4 is 52.1 Å². The molecule has 0 spiro atoms. The summed E-state index contributed by atoms with van der Waals surface area (Å²) in [5.41, 5.74) is 6.72. The van der Waals surface area contributed by atoms with Crippen molar-refractivity contribution in [2.24, 2.45) is 0 Å². The first-order chi connectivity index (χ1) is 18.7. The topological polar surface area (TPSA) is 62.2 Å². The number of thiocarbonyl (C=S) groups is 1. The predicted octanol–water partition coefficient (Wildman–Crippen LogP) is 7.11. The lowest BCUT2D eigenvalue weighted by molar-refractivity contribution is -0.116. The summed E-state index contributed by atoms with van der Waals surface area (Å²) in [5, 5.41) is 8.05. The van der Waals surface area contributed by atoms with Crippen molar-refractivity contribution in [3.63, 3.8) is 0 Å². The highest BCUT2D eigenvalue weighted by molar-refractivity contribution is 7.80. The van der Waals surface area contributed by atoms with E-state index < -0.39 is 0 Å². The Labute approximate surface area is 244 Å². The van der Waals surface area contributed by atoms with Gasteiger partial charge in [0.2, 0.25) is 5.91 Å². The molecule has 2 aromatic carbocycles. The van der Waals surface area contributed by atoms with Gasteiger partial charge in [-0.05, 0) is 81.0 Å². The third-order valence-corrected chi connectivity index (χ3v) is 8.24. The van der Waals surface area contributed by atoms with E-state index in [9.17, 15) is 4.79 Å². The molecule has 2 atom stereocenters. The van der Waals surface area contributed by atoms with Crippen molar-refractivity contribution in [2.45, 2.75) is 39.3 Å². The normalized spacial score (nSPS) is 16.8. The number of anilines is 1. The Morgan fingerprint density at radius 3 is 2.54 bits per heavy atom. The first kappa shape index (κ1) is 27.2. The van der Waals surface area contributed by atoms with Crippen LogP contribution in [0.1, 0.15) is 46.7 Å². The molecule has 5 rings (SSSR count). The van der Waals surface area contributed by atoms with E-state index >= 15 is 0 Å². The Morgan fingerprint density at radius 2 is 1.82 bits per heavy atom. The van der Waals surface area contributed by atoms with Gasteiger partial charge < -0.3 is 20.1 Å². The van der Waals surface area contributed by atoms with Crippen molar-refractivity contribution in [3.8, 4) is 5.69 Å². The molecule has 0 bridgehead atoms. The van der Waals surface area contributed by atoms with Gasteiger partial charge >= 0.3 is 0 Å². The summed E-state index contributed by atoms with van der Waals surface area (Å²) in [5.74, 6) is -0.0714. The van der Waals surface area contributed by atoms with Gasteiger partial charge in [-0.15, -0.1) is 0 Å². The molecule has 6 nitrogen and oxygen atoms in total. The molecule has 1 amide bonds. The molecule has 2 N–H and O–H groups in total. The monoisotopic (exact) mass is 577 g/mol. The first-order valence-corrected chi connectivity index (χ1v) is 13.9. The van der Waals surface area contributed by atoms with Crippen LogP contribution < -0.4 is 10.6 Å². The molecule has 4 aromatic rings. The molecule has 200 valence electrons. The summed E-state index contributed by atoms with van der Waals surface area (Å²) in [7, 11) is 0. The molecule has 0 radical (unpaired) electrons. The van der Waals surface area contributed by atoms with Gasteiger partial charge in [0.25, 0.3) is 0 Å². The fourth-order valence-corrected chi connectivity index (χ4v) is 5.90. The number of aromatic nitrogens is 2. The van der Waals surface area contributed by atoms with Crippen molar-refractivity contribution < 1.29 is 4.79 Å². The Kier molecular flexibility index (Phi) is 7.93. The molecule has 39 heavy (non-hydrogen) atoms. The van der Waals surface area contributed by atoms with E-state index in [0.29, 0.717) is 21.7 Å². The Hall–Kier alpha value is -3.39. The lowest BCUT2D eigenvalue weighted by Crippen LogP contribution is -2.32. The van der Waals surface area contributed by atoms with Crippen molar-refractivity contribution in [1.29, 1.82) is 0 Å². The zero-order valence-electron chi connectivity index (χ0n) is 21.9. The lowest BCUT2D eigenvalue weighted by Gasteiger charge is -2.28. The fraction of sp³-hybridized carbons (Fsp3) is 0.233. The number of carbonyl (C=O) groups excluding carboxylic acids is 1. The number of benzene rings is 2. The smallest absolute Gasteiger partial charge is 0.226 e.